The predicted molar refractivity (Wildman–Crippen MR) is 59.9 cm³/mol. The van der Waals surface area contributed by atoms with Gasteiger partial charge in [-0.2, -0.15) is 0 Å². The minimum atomic E-state index is -1.05. The summed E-state index contributed by atoms with van der Waals surface area (Å²) in [5.41, 5.74) is 4.96. The Bertz CT molecular complexity index is 430. The Morgan fingerprint density at radius 3 is 2.71 bits per heavy atom. The van der Waals surface area contributed by atoms with E-state index in [2.05, 4.69) is 4.74 Å². The van der Waals surface area contributed by atoms with Crippen molar-refractivity contribution >= 4 is 23.5 Å². The average Bonchev–Trinajstić information content (AvgIpc) is 2.23. The summed E-state index contributed by atoms with van der Waals surface area (Å²) in [4.78, 5) is 22.0. The van der Waals surface area contributed by atoms with Crippen molar-refractivity contribution in [3.8, 4) is 0 Å². The van der Waals surface area contributed by atoms with Crippen LogP contribution < -0.4 is 5.73 Å². The van der Waals surface area contributed by atoms with Crippen molar-refractivity contribution in [2.75, 3.05) is 0 Å². The molecule has 0 aliphatic carbocycles. The molecule has 1 amide bonds. The summed E-state index contributed by atoms with van der Waals surface area (Å²) >= 11 is 5.73. The number of hydrogen-bond acceptors (Lipinski definition) is 3. The monoisotopic (exact) mass is 259 g/mol. The third-order valence-electron chi connectivity index (χ3n) is 2.09. The largest absolute Gasteiger partial charge is 0.452 e. The highest BCUT2D eigenvalue weighted by atomic mass is 35.5. The number of esters is 1. The van der Waals surface area contributed by atoms with E-state index in [1.54, 1.807) is 0 Å². The molecule has 0 radical (unpaired) electrons. The van der Waals surface area contributed by atoms with Crippen LogP contribution in [-0.4, -0.2) is 18.0 Å². The van der Waals surface area contributed by atoms with Crippen LogP contribution in [0.4, 0.5) is 4.39 Å². The van der Waals surface area contributed by atoms with E-state index in [1.807, 2.05) is 0 Å². The fraction of sp³-hybridized carbons (Fsp3) is 0.273. The summed E-state index contributed by atoms with van der Waals surface area (Å²) in [5.74, 6) is -2.12. The molecule has 1 aromatic carbocycles. The van der Waals surface area contributed by atoms with E-state index in [-0.39, 0.29) is 17.0 Å². The van der Waals surface area contributed by atoms with Crippen LogP contribution in [0.3, 0.4) is 0 Å². The van der Waals surface area contributed by atoms with E-state index in [0.717, 1.165) is 0 Å². The van der Waals surface area contributed by atoms with E-state index in [1.165, 1.54) is 25.1 Å². The molecule has 0 heterocycles. The first-order chi connectivity index (χ1) is 7.91. The van der Waals surface area contributed by atoms with Crippen LogP contribution in [0.15, 0.2) is 18.2 Å². The number of ether oxygens (including phenoxy) is 1. The average molecular weight is 260 g/mol. The minimum Gasteiger partial charge on any atom is -0.452 e. The molecular weight excluding hydrogens is 249 g/mol. The van der Waals surface area contributed by atoms with Crippen LogP contribution in [0.5, 0.6) is 0 Å². The molecule has 2 N–H and O–H groups in total. The van der Waals surface area contributed by atoms with E-state index in [0.29, 0.717) is 0 Å². The van der Waals surface area contributed by atoms with Gasteiger partial charge in [0.2, 0.25) is 0 Å². The third kappa shape index (κ3) is 3.71. The van der Waals surface area contributed by atoms with Crippen LogP contribution >= 0.6 is 11.6 Å². The Hall–Kier alpha value is -1.62. The molecule has 0 saturated heterocycles. The van der Waals surface area contributed by atoms with Crippen molar-refractivity contribution in [1.82, 2.24) is 0 Å². The first-order valence-electron chi connectivity index (χ1n) is 4.83. The van der Waals surface area contributed by atoms with Gasteiger partial charge < -0.3 is 10.5 Å². The number of carbonyl (C=O) groups is 2. The number of amides is 1. The van der Waals surface area contributed by atoms with Gasteiger partial charge >= 0.3 is 5.97 Å². The van der Waals surface area contributed by atoms with E-state index >= 15 is 0 Å². The van der Waals surface area contributed by atoms with Crippen molar-refractivity contribution in [1.29, 1.82) is 0 Å². The fourth-order valence-electron chi connectivity index (χ4n) is 1.14. The van der Waals surface area contributed by atoms with Gasteiger partial charge in [0.05, 0.1) is 6.42 Å². The van der Waals surface area contributed by atoms with Gasteiger partial charge in [-0.3, -0.25) is 9.59 Å². The summed E-state index contributed by atoms with van der Waals surface area (Å²) in [7, 11) is 0. The van der Waals surface area contributed by atoms with Gasteiger partial charge in [-0.25, -0.2) is 4.39 Å². The highest BCUT2D eigenvalue weighted by Crippen LogP contribution is 2.19. The lowest BCUT2D eigenvalue weighted by Gasteiger charge is -2.10. The van der Waals surface area contributed by atoms with E-state index in [9.17, 15) is 14.0 Å². The zero-order valence-electron chi connectivity index (χ0n) is 9.07. The van der Waals surface area contributed by atoms with Gasteiger partial charge in [-0.15, -0.1) is 0 Å². The minimum absolute atomic E-state index is 0.0378. The molecule has 0 spiro atoms. The Morgan fingerprint density at radius 2 is 2.18 bits per heavy atom. The van der Waals surface area contributed by atoms with Crippen molar-refractivity contribution in [3.05, 3.63) is 34.6 Å². The molecule has 0 saturated carbocycles. The molecule has 0 bridgehead atoms. The number of primary amides is 1. The van der Waals surface area contributed by atoms with Gasteiger partial charge in [-0.1, -0.05) is 17.7 Å². The Kier molecular flexibility index (Phi) is 4.45. The number of halogens is 2. The highest BCUT2D eigenvalue weighted by molar-refractivity contribution is 6.31. The second-order valence-corrected chi connectivity index (χ2v) is 3.82. The summed E-state index contributed by atoms with van der Waals surface area (Å²) in [6, 6.07) is 4.08. The lowest BCUT2D eigenvalue weighted by Crippen LogP contribution is -2.31. The van der Waals surface area contributed by atoms with Crippen LogP contribution in [0.1, 0.15) is 12.5 Å². The smallest absolute Gasteiger partial charge is 0.311 e. The normalized spacial score (nSPS) is 11.9. The van der Waals surface area contributed by atoms with Crippen molar-refractivity contribution < 1.29 is 18.7 Å². The third-order valence-corrected chi connectivity index (χ3v) is 2.45. The predicted octanol–water partition coefficient (Wildman–Crippen LogP) is 1.44. The van der Waals surface area contributed by atoms with Gasteiger partial charge in [0, 0.05) is 10.6 Å². The number of benzene rings is 1. The van der Waals surface area contributed by atoms with E-state index in [4.69, 9.17) is 17.3 Å². The molecule has 0 aromatic heterocycles. The zero-order valence-corrected chi connectivity index (χ0v) is 9.83. The molecule has 0 aliphatic rings. The van der Waals surface area contributed by atoms with Crippen LogP contribution in [0.2, 0.25) is 5.02 Å². The van der Waals surface area contributed by atoms with Gasteiger partial charge in [0.25, 0.3) is 5.91 Å². The lowest BCUT2D eigenvalue weighted by molar-refractivity contribution is -0.153. The molecular formula is C11H11ClFNO3. The van der Waals surface area contributed by atoms with Crippen molar-refractivity contribution in [3.63, 3.8) is 0 Å². The molecule has 1 atom stereocenters. The maximum atomic E-state index is 13.3. The molecule has 6 heteroatoms. The SMILES string of the molecule is C[C@H](OC(=O)Cc1c(F)cccc1Cl)C(N)=O. The summed E-state index contributed by atoms with van der Waals surface area (Å²) in [5, 5.41) is 0.133. The zero-order chi connectivity index (χ0) is 13.0. The van der Waals surface area contributed by atoms with Gasteiger partial charge in [0.15, 0.2) is 6.10 Å². The first-order valence-corrected chi connectivity index (χ1v) is 5.21. The first kappa shape index (κ1) is 13.4. The quantitative estimate of drug-likeness (QED) is 0.832. The Labute approximate surface area is 103 Å². The van der Waals surface area contributed by atoms with Gasteiger partial charge in [0.1, 0.15) is 5.82 Å². The molecule has 1 rings (SSSR count). The molecule has 0 fully saturated rings. The summed E-state index contributed by atoms with van der Waals surface area (Å²) in [6.45, 7) is 1.34. The lowest BCUT2D eigenvalue weighted by atomic mass is 10.1. The van der Waals surface area contributed by atoms with Crippen LogP contribution in [0.25, 0.3) is 0 Å². The number of hydrogen-bond donors (Lipinski definition) is 1. The van der Waals surface area contributed by atoms with Crippen molar-refractivity contribution in [2.45, 2.75) is 19.4 Å². The summed E-state index contributed by atoms with van der Waals surface area (Å²) in [6.07, 6.45) is -1.39. The second-order valence-electron chi connectivity index (χ2n) is 3.41. The van der Waals surface area contributed by atoms with Gasteiger partial charge in [-0.05, 0) is 19.1 Å². The van der Waals surface area contributed by atoms with Crippen LogP contribution in [-0.2, 0) is 20.7 Å². The maximum Gasteiger partial charge on any atom is 0.311 e. The molecule has 92 valence electrons. The fourth-order valence-corrected chi connectivity index (χ4v) is 1.37. The summed E-state index contributed by atoms with van der Waals surface area (Å²) < 4.78 is 18.0. The molecule has 0 unspecified atom stereocenters. The van der Waals surface area contributed by atoms with Crippen LogP contribution in [0, 0.1) is 5.82 Å². The number of nitrogens with two attached hydrogens (primary N) is 1. The number of carbonyl (C=O) groups excluding carboxylic acids is 2. The number of rotatable bonds is 4. The topological polar surface area (TPSA) is 69.4 Å². The second kappa shape index (κ2) is 5.63. The molecule has 1 aromatic rings. The molecule has 0 aliphatic heterocycles. The molecule has 17 heavy (non-hydrogen) atoms. The Balaban J connectivity index is 2.72. The standard InChI is InChI=1S/C11H11ClFNO3/c1-6(11(14)16)17-10(15)5-7-8(12)3-2-4-9(7)13/h2-4,6H,5H2,1H3,(H2,14,16)/t6-/m0/s1. The Morgan fingerprint density at radius 1 is 1.53 bits per heavy atom. The van der Waals surface area contributed by atoms with Crippen molar-refractivity contribution in [2.24, 2.45) is 5.73 Å². The highest BCUT2D eigenvalue weighted by Gasteiger charge is 2.17. The molecule has 4 nitrogen and oxygen atoms in total. The maximum absolute atomic E-state index is 13.3. The van der Waals surface area contributed by atoms with E-state index < -0.39 is 23.8 Å².